The van der Waals surface area contributed by atoms with Crippen molar-refractivity contribution >= 4 is 17.0 Å². The van der Waals surface area contributed by atoms with E-state index in [0.717, 1.165) is 73.5 Å². The van der Waals surface area contributed by atoms with Gasteiger partial charge in [-0.05, 0) is 81.8 Å². The number of furan rings is 1. The first-order valence-electron chi connectivity index (χ1n) is 16.3. The predicted octanol–water partition coefficient (Wildman–Crippen LogP) is 12.4. The largest absolute Gasteiger partial charge is 0.456 e. The van der Waals surface area contributed by atoms with E-state index in [1.165, 1.54) is 16.7 Å². The third kappa shape index (κ3) is 6.00. The molecule has 0 fully saturated rings. The molecule has 2 aromatic heterocycles. The van der Waals surface area contributed by atoms with E-state index < -0.39 is 0 Å². The summed E-state index contributed by atoms with van der Waals surface area (Å²) in [6, 6.07) is 49.3. The van der Waals surface area contributed by atoms with E-state index in [2.05, 4.69) is 146 Å². The molecular formula is C46H33NO. The van der Waals surface area contributed by atoms with E-state index in [1.807, 2.05) is 36.4 Å². The number of benzene rings is 5. The maximum absolute atomic E-state index is 6.27. The van der Waals surface area contributed by atoms with Gasteiger partial charge in [0.05, 0.1) is 11.4 Å². The molecule has 48 heavy (non-hydrogen) atoms. The average molecular weight is 616 g/mol. The third-order valence-corrected chi connectivity index (χ3v) is 8.86. The fourth-order valence-corrected chi connectivity index (χ4v) is 6.32. The van der Waals surface area contributed by atoms with Crippen molar-refractivity contribution in [2.45, 2.75) is 6.42 Å². The zero-order valence-corrected chi connectivity index (χ0v) is 26.5. The van der Waals surface area contributed by atoms with Crippen LogP contribution < -0.4 is 0 Å². The second-order valence-corrected chi connectivity index (χ2v) is 12.1. The Morgan fingerprint density at radius 2 is 1.08 bits per heavy atom. The number of hydrogen-bond donors (Lipinski definition) is 0. The summed E-state index contributed by atoms with van der Waals surface area (Å²) in [5, 5.41) is 1.14. The van der Waals surface area contributed by atoms with Crippen LogP contribution in [0.4, 0.5) is 0 Å². The van der Waals surface area contributed by atoms with Crippen LogP contribution in [-0.2, 0) is 6.42 Å². The molecule has 1 aliphatic carbocycles. The molecular weight excluding hydrogens is 583 g/mol. The topological polar surface area (TPSA) is 26.0 Å². The summed E-state index contributed by atoms with van der Waals surface area (Å²) in [4.78, 5) is 5.16. The summed E-state index contributed by atoms with van der Waals surface area (Å²) in [5.74, 6) is 0.885. The maximum atomic E-state index is 6.27. The molecule has 0 unspecified atom stereocenters. The Kier molecular flexibility index (Phi) is 7.82. The Balaban J connectivity index is 1.17. The van der Waals surface area contributed by atoms with E-state index in [-0.39, 0.29) is 0 Å². The van der Waals surface area contributed by atoms with Gasteiger partial charge in [-0.1, -0.05) is 146 Å². The molecule has 2 nitrogen and oxygen atoms in total. The number of aromatic nitrogens is 1. The Hall–Kier alpha value is -6.25. The molecule has 5 aromatic carbocycles. The molecule has 0 bridgehead atoms. The molecule has 0 aliphatic heterocycles. The monoisotopic (exact) mass is 615 g/mol. The van der Waals surface area contributed by atoms with Crippen LogP contribution >= 0.6 is 0 Å². The zero-order valence-electron chi connectivity index (χ0n) is 26.5. The Labute approximate surface area is 281 Å². The number of nitrogens with zero attached hydrogens (tertiary/aromatic N) is 1. The minimum absolute atomic E-state index is 0.800. The van der Waals surface area contributed by atoms with Crippen LogP contribution in [0.5, 0.6) is 0 Å². The number of rotatable bonds is 5. The van der Waals surface area contributed by atoms with Gasteiger partial charge in [-0.3, -0.25) is 0 Å². The summed E-state index contributed by atoms with van der Waals surface area (Å²) in [7, 11) is 0. The number of allylic oxidation sites excluding steroid dienone is 6. The Morgan fingerprint density at radius 3 is 1.85 bits per heavy atom. The van der Waals surface area contributed by atoms with Crippen molar-refractivity contribution in [3.8, 4) is 55.9 Å². The van der Waals surface area contributed by atoms with E-state index >= 15 is 0 Å². The van der Waals surface area contributed by atoms with Crippen LogP contribution in [0.25, 0.3) is 72.9 Å². The molecule has 0 N–H and O–H groups in total. The average Bonchev–Trinajstić information content (AvgIpc) is 3.51. The SMILES string of the molecule is C=C1/C=C\C=C/Cc2c(oc3ccc(-c4ccc(-c5cc(-c6ccccc6)nc(-c6cccc(-c7ccccc7)c6)c5)cc4)cc23)/C=C\1. The van der Waals surface area contributed by atoms with Gasteiger partial charge in [0.2, 0.25) is 0 Å². The molecule has 228 valence electrons. The lowest BCUT2D eigenvalue weighted by Gasteiger charge is -2.12. The number of pyridine rings is 1. The minimum atomic E-state index is 0.800. The smallest absolute Gasteiger partial charge is 0.135 e. The van der Waals surface area contributed by atoms with E-state index in [9.17, 15) is 0 Å². The highest BCUT2D eigenvalue weighted by molar-refractivity contribution is 5.90. The lowest BCUT2D eigenvalue weighted by molar-refractivity contribution is 0.600. The third-order valence-electron chi connectivity index (χ3n) is 8.86. The Morgan fingerprint density at radius 1 is 0.479 bits per heavy atom. The van der Waals surface area contributed by atoms with Crippen molar-refractivity contribution in [3.05, 3.63) is 193 Å². The summed E-state index contributed by atoms with van der Waals surface area (Å²) in [6.07, 6.45) is 13.1. The summed E-state index contributed by atoms with van der Waals surface area (Å²) >= 11 is 0. The second-order valence-electron chi connectivity index (χ2n) is 12.1. The van der Waals surface area contributed by atoms with Gasteiger partial charge >= 0.3 is 0 Å². The van der Waals surface area contributed by atoms with Crippen molar-refractivity contribution in [1.82, 2.24) is 4.98 Å². The van der Waals surface area contributed by atoms with Crippen LogP contribution in [0.2, 0.25) is 0 Å². The normalized spacial score (nSPS) is 14.7. The highest BCUT2D eigenvalue weighted by atomic mass is 16.3. The van der Waals surface area contributed by atoms with Crippen molar-refractivity contribution < 1.29 is 4.42 Å². The van der Waals surface area contributed by atoms with Crippen molar-refractivity contribution in [1.29, 1.82) is 0 Å². The molecule has 0 saturated carbocycles. The van der Waals surface area contributed by atoms with Gasteiger partial charge in [-0.15, -0.1) is 0 Å². The van der Waals surface area contributed by atoms with Crippen LogP contribution in [0.15, 0.2) is 186 Å². The quantitative estimate of drug-likeness (QED) is 0.193. The highest BCUT2D eigenvalue weighted by Crippen LogP contribution is 2.35. The fraction of sp³-hybridized carbons (Fsp3) is 0.0217. The maximum Gasteiger partial charge on any atom is 0.135 e. The van der Waals surface area contributed by atoms with Gasteiger partial charge in [0, 0.05) is 22.1 Å². The predicted molar refractivity (Wildman–Crippen MR) is 201 cm³/mol. The molecule has 0 radical (unpaired) electrons. The van der Waals surface area contributed by atoms with Crippen LogP contribution in [0, 0.1) is 0 Å². The Bertz CT molecular complexity index is 2350. The summed E-state index contributed by atoms with van der Waals surface area (Å²) in [5.41, 5.74) is 14.1. The van der Waals surface area contributed by atoms with Gasteiger partial charge in [0.1, 0.15) is 11.3 Å². The van der Waals surface area contributed by atoms with Crippen LogP contribution in [0.3, 0.4) is 0 Å². The zero-order chi connectivity index (χ0) is 32.3. The first-order valence-corrected chi connectivity index (χ1v) is 16.3. The van der Waals surface area contributed by atoms with E-state index in [1.54, 1.807) is 0 Å². The first kappa shape index (κ1) is 29.2. The summed E-state index contributed by atoms with van der Waals surface area (Å²) in [6.45, 7) is 4.10. The van der Waals surface area contributed by atoms with Gasteiger partial charge < -0.3 is 4.42 Å². The van der Waals surface area contributed by atoms with Gasteiger partial charge in [-0.25, -0.2) is 4.98 Å². The van der Waals surface area contributed by atoms with Crippen LogP contribution in [0.1, 0.15) is 11.3 Å². The number of hydrogen-bond acceptors (Lipinski definition) is 2. The molecule has 7 aromatic rings. The fourth-order valence-electron chi connectivity index (χ4n) is 6.32. The second kappa shape index (κ2) is 12.9. The first-order chi connectivity index (χ1) is 23.7. The molecule has 0 amide bonds. The van der Waals surface area contributed by atoms with Crippen molar-refractivity contribution in [2.24, 2.45) is 0 Å². The molecule has 8 rings (SSSR count). The minimum Gasteiger partial charge on any atom is -0.456 e. The van der Waals surface area contributed by atoms with Crippen LogP contribution in [-0.4, -0.2) is 4.98 Å². The molecule has 2 heterocycles. The van der Waals surface area contributed by atoms with Crippen molar-refractivity contribution in [3.63, 3.8) is 0 Å². The van der Waals surface area contributed by atoms with Gasteiger partial charge in [0.25, 0.3) is 0 Å². The standard InChI is InChI=1S/C46H33NO/c1-32-12-5-2-10-19-41-42-29-38(25-27-46(42)48-45(41)26-20-32)34-21-23-35(24-22-34)40-30-43(36-15-8-4-9-16-36)47-44(31-40)39-18-11-17-37(28-39)33-13-6-3-7-14-33/h2-18,20-31H,1,19H2/b10-2-,12-5-,26-20-. The summed E-state index contributed by atoms with van der Waals surface area (Å²) < 4.78 is 6.27. The molecule has 1 aliphatic rings. The van der Waals surface area contributed by atoms with Crippen molar-refractivity contribution in [2.75, 3.05) is 0 Å². The lowest BCUT2D eigenvalue weighted by atomic mass is 9.96. The van der Waals surface area contributed by atoms with E-state index in [4.69, 9.17) is 9.40 Å². The number of fused-ring (bicyclic) bond motifs is 3. The molecule has 0 saturated heterocycles. The molecule has 0 spiro atoms. The van der Waals surface area contributed by atoms with Gasteiger partial charge in [0.15, 0.2) is 0 Å². The molecule has 2 heteroatoms. The highest BCUT2D eigenvalue weighted by Gasteiger charge is 2.14. The molecule has 0 atom stereocenters. The lowest BCUT2D eigenvalue weighted by Crippen LogP contribution is -1.92. The van der Waals surface area contributed by atoms with Gasteiger partial charge in [-0.2, -0.15) is 0 Å². The van der Waals surface area contributed by atoms with E-state index in [0.29, 0.717) is 0 Å².